The van der Waals surface area contributed by atoms with Crippen LogP contribution in [0.15, 0.2) is 224 Å². The number of anilines is 4. The van der Waals surface area contributed by atoms with Gasteiger partial charge in [0.15, 0.2) is 0 Å². The molecule has 0 fully saturated rings. The molecular weight excluding hydrogens is 691 g/mol. The lowest BCUT2D eigenvalue weighted by atomic mass is 9.93. The Kier molecular flexibility index (Phi) is 8.86. The zero-order valence-electron chi connectivity index (χ0n) is 31.3. The summed E-state index contributed by atoms with van der Waals surface area (Å²) in [7, 11) is 0. The van der Waals surface area contributed by atoms with E-state index < -0.39 is 0 Å². The first kappa shape index (κ1) is 33.9. The Hall–Kier alpha value is -7.62. The average molecular weight is 730 g/mol. The van der Waals surface area contributed by atoms with Crippen molar-refractivity contribution in [3.05, 3.63) is 224 Å². The molecule has 1 aromatic heterocycles. The standard InChI is InChI=1S/C54H39N3/c1-4-17-38(18-5-1)40-20-15-24-44(36-40)56-50-30-12-10-27-46(50)42-21-14-19-39(35-42)41-33-34-51(55-43-22-6-2-7-23-43)49(37-41)47-29-16-32-53-54(47)48-28-11-13-31-52(48)57(53)45-25-8-3-9-26-45/h1-37,55-56H. The maximum atomic E-state index is 3.77. The molecule has 0 aliphatic carbocycles. The highest BCUT2D eigenvalue weighted by molar-refractivity contribution is 6.17. The van der Waals surface area contributed by atoms with Gasteiger partial charge in [0, 0.05) is 50.3 Å². The molecule has 270 valence electrons. The van der Waals surface area contributed by atoms with E-state index in [2.05, 4.69) is 240 Å². The van der Waals surface area contributed by atoms with Crippen molar-refractivity contribution < 1.29 is 0 Å². The number of rotatable bonds is 9. The summed E-state index contributed by atoms with van der Waals surface area (Å²) in [5.41, 5.74) is 17.0. The minimum Gasteiger partial charge on any atom is -0.355 e. The molecule has 0 aliphatic rings. The zero-order chi connectivity index (χ0) is 38.0. The fourth-order valence-corrected chi connectivity index (χ4v) is 8.10. The van der Waals surface area contributed by atoms with E-state index in [4.69, 9.17) is 0 Å². The molecule has 3 nitrogen and oxygen atoms in total. The van der Waals surface area contributed by atoms with Gasteiger partial charge in [-0.05, 0) is 106 Å². The topological polar surface area (TPSA) is 29.0 Å². The highest BCUT2D eigenvalue weighted by Crippen LogP contribution is 2.43. The first-order valence-corrected chi connectivity index (χ1v) is 19.4. The number of fused-ring (bicyclic) bond motifs is 3. The van der Waals surface area contributed by atoms with Gasteiger partial charge in [-0.25, -0.2) is 0 Å². The highest BCUT2D eigenvalue weighted by atomic mass is 15.0. The molecule has 0 aliphatic heterocycles. The van der Waals surface area contributed by atoms with Crippen LogP contribution in [0.4, 0.5) is 22.7 Å². The van der Waals surface area contributed by atoms with E-state index in [1.165, 1.54) is 38.5 Å². The summed E-state index contributed by atoms with van der Waals surface area (Å²) in [5, 5.41) is 9.96. The predicted octanol–water partition coefficient (Wildman–Crippen LogP) is 14.9. The largest absolute Gasteiger partial charge is 0.355 e. The van der Waals surface area contributed by atoms with Gasteiger partial charge in [0.05, 0.1) is 11.0 Å². The lowest BCUT2D eigenvalue weighted by Gasteiger charge is -2.17. The summed E-state index contributed by atoms with van der Waals surface area (Å²) in [5.74, 6) is 0. The van der Waals surface area contributed by atoms with Crippen molar-refractivity contribution in [2.24, 2.45) is 0 Å². The molecule has 0 saturated carbocycles. The second kappa shape index (κ2) is 14.9. The van der Waals surface area contributed by atoms with Crippen LogP contribution in [0.2, 0.25) is 0 Å². The Morgan fingerprint density at radius 2 is 0.842 bits per heavy atom. The zero-order valence-corrected chi connectivity index (χ0v) is 31.3. The summed E-state index contributed by atoms with van der Waals surface area (Å²) in [6, 6.07) is 80.0. The quantitative estimate of drug-likeness (QED) is 0.155. The molecule has 0 bridgehead atoms. The minimum absolute atomic E-state index is 1.05. The molecule has 0 amide bonds. The molecule has 57 heavy (non-hydrogen) atoms. The van der Waals surface area contributed by atoms with Crippen molar-refractivity contribution >= 4 is 44.6 Å². The number of benzene rings is 9. The maximum absolute atomic E-state index is 3.77. The molecule has 10 rings (SSSR count). The van der Waals surface area contributed by atoms with Gasteiger partial charge in [0.25, 0.3) is 0 Å². The minimum atomic E-state index is 1.05. The lowest BCUT2D eigenvalue weighted by Crippen LogP contribution is -1.96. The van der Waals surface area contributed by atoms with Crippen LogP contribution in [0, 0.1) is 0 Å². The van der Waals surface area contributed by atoms with Gasteiger partial charge in [-0.1, -0.05) is 152 Å². The Bertz CT molecular complexity index is 3000. The summed E-state index contributed by atoms with van der Waals surface area (Å²) < 4.78 is 2.38. The van der Waals surface area contributed by atoms with Crippen LogP contribution >= 0.6 is 0 Å². The second-order valence-electron chi connectivity index (χ2n) is 14.3. The predicted molar refractivity (Wildman–Crippen MR) is 242 cm³/mol. The van der Waals surface area contributed by atoms with Gasteiger partial charge in [-0.2, -0.15) is 0 Å². The Morgan fingerprint density at radius 3 is 1.68 bits per heavy atom. The molecule has 9 aromatic carbocycles. The fourth-order valence-electron chi connectivity index (χ4n) is 8.10. The third-order valence-electron chi connectivity index (χ3n) is 10.8. The lowest BCUT2D eigenvalue weighted by molar-refractivity contribution is 1.18. The van der Waals surface area contributed by atoms with E-state index in [1.54, 1.807) is 0 Å². The number of hydrogen-bond acceptors (Lipinski definition) is 2. The van der Waals surface area contributed by atoms with Crippen molar-refractivity contribution in [3.63, 3.8) is 0 Å². The number of hydrogen-bond donors (Lipinski definition) is 2. The van der Waals surface area contributed by atoms with Gasteiger partial charge >= 0.3 is 0 Å². The van der Waals surface area contributed by atoms with E-state index in [9.17, 15) is 0 Å². The summed E-state index contributed by atoms with van der Waals surface area (Å²) >= 11 is 0. The van der Waals surface area contributed by atoms with Crippen LogP contribution in [-0.4, -0.2) is 4.57 Å². The molecule has 10 aromatic rings. The first-order chi connectivity index (χ1) is 28.3. The van der Waals surface area contributed by atoms with Crippen molar-refractivity contribution in [2.45, 2.75) is 0 Å². The third kappa shape index (κ3) is 6.62. The maximum Gasteiger partial charge on any atom is 0.0547 e. The first-order valence-electron chi connectivity index (χ1n) is 19.4. The summed E-state index contributed by atoms with van der Waals surface area (Å²) in [6.45, 7) is 0. The van der Waals surface area contributed by atoms with Gasteiger partial charge in [-0.15, -0.1) is 0 Å². The normalized spacial score (nSPS) is 11.2. The van der Waals surface area contributed by atoms with Crippen LogP contribution in [-0.2, 0) is 0 Å². The number of nitrogens with one attached hydrogen (secondary N) is 2. The van der Waals surface area contributed by atoms with Crippen LogP contribution in [0.5, 0.6) is 0 Å². The van der Waals surface area contributed by atoms with Crippen LogP contribution in [0.3, 0.4) is 0 Å². The molecule has 0 radical (unpaired) electrons. The van der Waals surface area contributed by atoms with E-state index in [0.717, 1.165) is 56.3 Å². The molecule has 3 heteroatoms. The summed E-state index contributed by atoms with van der Waals surface area (Å²) in [6.07, 6.45) is 0. The molecule has 0 unspecified atom stereocenters. The summed E-state index contributed by atoms with van der Waals surface area (Å²) in [4.78, 5) is 0. The fraction of sp³-hybridized carbons (Fsp3) is 0. The SMILES string of the molecule is c1ccc(Nc2ccc(-c3cccc(-c4ccccc4Nc4cccc(-c5ccccc5)c4)c3)cc2-c2cccc3c2c2ccccc2n3-c2ccccc2)cc1. The Morgan fingerprint density at radius 1 is 0.298 bits per heavy atom. The van der Waals surface area contributed by atoms with Gasteiger partial charge in [0.1, 0.15) is 0 Å². The van der Waals surface area contributed by atoms with Crippen molar-refractivity contribution in [2.75, 3.05) is 10.6 Å². The van der Waals surface area contributed by atoms with E-state index >= 15 is 0 Å². The molecular formula is C54H39N3. The number of para-hydroxylation sites is 4. The molecule has 0 spiro atoms. The monoisotopic (exact) mass is 729 g/mol. The van der Waals surface area contributed by atoms with Crippen molar-refractivity contribution in [1.82, 2.24) is 4.57 Å². The number of aromatic nitrogens is 1. The highest BCUT2D eigenvalue weighted by Gasteiger charge is 2.19. The van der Waals surface area contributed by atoms with Crippen molar-refractivity contribution in [3.8, 4) is 50.2 Å². The van der Waals surface area contributed by atoms with Crippen LogP contribution in [0.1, 0.15) is 0 Å². The second-order valence-corrected chi connectivity index (χ2v) is 14.3. The molecule has 1 heterocycles. The smallest absolute Gasteiger partial charge is 0.0547 e. The van der Waals surface area contributed by atoms with Gasteiger partial charge in [0.2, 0.25) is 0 Å². The van der Waals surface area contributed by atoms with E-state index in [1.807, 2.05) is 0 Å². The third-order valence-corrected chi connectivity index (χ3v) is 10.8. The van der Waals surface area contributed by atoms with Crippen LogP contribution in [0.25, 0.3) is 72.0 Å². The van der Waals surface area contributed by atoms with Crippen LogP contribution < -0.4 is 10.6 Å². The average Bonchev–Trinajstić information content (AvgIpc) is 3.63. The van der Waals surface area contributed by atoms with Gasteiger partial charge in [-0.3, -0.25) is 0 Å². The Labute approximate surface area is 333 Å². The van der Waals surface area contributed by atoms with Gasteiger partial charge < -0.3 is 15.2 Å². The molecule has 2 N–H and O–H groups in total. The van der Waals surface area contributed by atoms with E-state index in [-0.39, 0.29) is 0 Å². The van der Waals surface area contributed by atoms with Crippen molar-refractivity contribution in [1.29, 1.82) is 0 Å². The number of nitrogens with zero attached hydrogens (tertiary/aromatic N) is 1. The molecule has 0 atom stereocenters. The Balaban J connectivity index is 1.09. The molecule has 0 saturated heterocycles. The van der Waals surface area contributed by atoms with E-state index in [0.29, 0.717) is 0 Å².